The fourth-order valence-corrected chi connectivity index (χ4v) is 1.37. The van der Waals surface area contributed by atoms with Crippen molar-refractivity contribution >= 4 is 11.5 Å². The van der Waals surface area contributed by atoms with Crippen molar-refractivity contribution in [1.82, 2.24) is 0 Å². The summed E-state index contributed by atoms with van der Waals surface area (Å²) < 4.78 is 0. The molecule has 86 valence electrons. The monoisotopic (exact) mass is 237 g/mol. The summed E-state index contributed by atoms with van der Waals surface area (Å²) in [5, 5.41) is 34.9. The summed E-state index contributed by atoms with van der Waals surface area (Å²) in [6.07, 6.45) is -0.116. The van der Waals surface area contributed by atoms with Crippen LogP contribution in [0, 0.1) is 34.0 Å². The second-order valence-corrected chi connectivity index (χ2v) is 3.35. The summed E-state index contributed by atoms with van der Waals surface area (Å²) in [5.74, 6) is -0.950. The molecule has 0 unspecified atom stereocenters. The van der Waals surface area contributed by atoms with Crippen LogP contribution in [0.4, 0.5) is 0 Å². The molecular weight excluding hydrogens is 230 g/mol. The number of hydrogen-bond acceptors (Lipinski definition) is 4. The number of aliphatic carboxylic acids is 1. The van der Waals surface area contributed by atoms with Crippen LogP contribution < -0.4 is 0 Å². The molecular formula is C13H7N3O2. The smallest absolute Gasteiger partial charge is 0.307 e. The first-order valence-electron chi connectivity index (χ1n) is 4.88. The van der Waals surface area contributed by atoms with Gasteiger partial charge in [-0.1, -0.05) is 24.3 Å². The van der Waals surface area contributed by atoms with E-state index in [9.17, 15) is 4.79 Å². The molecule has 0 saturated carbocycles. The zero-order chi connectivity index (χ0) is 13.5. The number of nitrogens with zero attached hydrogens (tertiary/aromatic N) is 3. The summed E-state index contributed by atoms with van der Waals surface area (Å²) >= 11 is 0. The third kappa shape index (κ3) is 2.95. The van der Waals surface area contributed by atoms with Crippen molar-refractivity contribution < 1.29 is 9.90 Å². The van der Waals surface area contributed by atoms with Gasteiger partial charge in [-0.25, -0.2) is 0 Å². The second-order valence-electron chi connectivity index (χ2n) is 3.35. The van der Waals surface area contributed by atoms with E-state index in [1.165, 1.54) is 12.1 Å². The maximum Gasteiger partial charge on any atom is 0.307 e. The van der Waals surface area contributed by atoms with Crippen LogP contribution in [0.5, 0.6) is 0 Å². The van der Waals surface area contributed by atoms with E-state index in [4.69, 9.17) is 20.9 Å². The molecule has 0 aliphatic carbocycles. The molecule has 1 N–H and O–H groups in total. The number of carbonyl (C=O) groups is 1. The van der Waals surface area contributed by atoms with Gasteiger partial charge in [0.05, 0.1) is 12.0 Å². The highest BCUT2D eigenvalue weighted by atomic mass is 16.4. The predicted molar refractivity (Wildman–Crippen MR) is 61.5 cm³/mol. The van der Waals surface area contributed by atoms with Crippen LogP contribution in [0.25, 0.3) is 5.57 Å². The number of benzene rings is 1. The minimum atomic E-state index is -0.950. The Kier molecular flexibility index (Phi) is 4.21. The maximum atomic E-state index is 10.5. The van der Waals surface area contributed by atoms with Crippen molar-refractivity contribution in [3.63, 3.8) is 0 Å². The molecule has 0 aromatic heterocycles. The molecule has 5 heteroatoms. The number of carboxylic acid groups (broad SMARTS) is 1. The first-order chi connectivity index (χ1) is 8.62. The summed E-state index contributed by atoms with van der Waals surface area (Å²) in [4.78, 5) is 10.5. The minimum absolute atomic E-state index is 0.0122. The fraction of sp³-hybridized carbons (Fsp3) is 0.0769. The van der Waals surface area contributed by atoms with E-state index in [0.717, 1.165) is 0 Å². The third-order valence-corrected chi connectivity index (χ3v) is 2.18. The zero-order valence-electron chi connectivity index (χ0n) is 9.21. The molecule has 0 heterocycles. The lowest BCUT2D eigenvalue weighted by Crippen LogP contribution is -1.99. The van der Waals surface area contributed by atoms with E-state index in [2.05, 4.69) is 0 Å². The molecule has 0 aliphatic rings. The van der Waals surface area contributed by atoms with E-state index >= 15 is 0 Å². The van der Waals surface area contributed by atoms with E-state index in [-0.39, 0.29) is 17.6 Å². The molecule has 0 radical (unpaired) electrons. The molecule has 1 rings (SSSR count). The van der Waals surface area contributed by atoms with Crippen molar-refractivity contribution in [2.75, 3.05) is 0 Å². The molecule has 0 fully saturated rings. The van der Waals surface area contributed by atoms with Crippen molar-refractivity contribution in [3.8, 4) is 18.2 Å². The molecule has 0 saturated heterocycles. The SMILES string of the molecule is N#CC(C#N)=C(C#N)c1ccc(CC(=O)O)cc1. The van der Waals surface area contributed by atoms with Crippen LogP contribution in [0.3, 0.4) is 0 Å². The van der Waals surface area contributed by atoms with Crippen molar-refractivity contribution in [1.29, 1.82) is 15.8 Å². The molecule has 1 aromatic rings. The highest BCUT2D eigenvalue weighted by molar-refractivity contribution is 5.84. The lowest BCUT2D eigenvalue weighted by molar-refractivity contribution is -0.136. The number of hydrogen-bond donors (Lipinski definition) is 1. The summed E-state index contributed by atoms with van der Waals surface area (Å²) in [6, 6.07) is 11.2. The Hall–Kier alpha value is -3.10. The van der Waals surface area contributed by atoms with Crippen LogP contribution in [0.2, 0.25) is 0 Å². The molecule has 0 aliphatic heterocycles. The van der Waals surface area contributed by atoms with E-state index in [0.29, 0.717) is 11.1 Å². The summed E-state index contributed by atoms with van der Waals surface area (Å²) in [6.45, 7) is 0. The largest absolute Gasteiger partial charge is 0.481 e. The number of allylic oxidation sites excluding steroid dienone is 2. The van der Waals surface area contributed by atoms with Gasteiger partial charge in [-0.3, -0.25) is 4.79 Å². The Morgan fingerprint density at radius 3 is 2.00 bits per heavy atom. The molecule has 5 nitrogen and oxygen atoms in total. The lowest BCUT2D eigenvalue weighted by Gasteiger charge is -2.01. The average Bonchev–Trinajstić information content (AvgIpc) is 2.36. The molecule has 0 bridgehead atoms. The van der Waals surface area contributed by atoms with Crippen molar-refractivity contribution in [3.05, 3.63) is 41.0 Å². The highest BCUT2D eigenvalue weighted by Gasteiger charge is 2.09. The van der Waals surface area contributed by atoms with Gasteiger partial charge in [0.2, 0.25) is 0 Å². The van der Waals surface area contributed by atoms with Gasteiger partial charge in [0.1, 0.15) is 23.8 Å². The van der Waals surface area contributed by atoms with E-state index in [1.54, 1.807) is 30.3 Å². The quantitative estimate of drug-likeness (QED) is 0.803. The minimum Gasteiger partial charge on any atom is -0.481 e. The highest BCUT2D eigenvalue weighted by Crippen LogP contribution is 2.18. The van der Waals surface area contributed by atoms with E-state index < -0.39 is 5.97 Å². The first-order valence-corrected chi connectivity index (χ1v) is 4.88. The normalized spacial score (nSPS) is 8.50. The molecule has 18 heavy (non-hydrogen) atoms. The number of rotatable bonds is 3. The second kappa shape index (κ2) is 5.84. The average molecular weight is 237 g/mol. The predicted octanol–water partition coefficient (Wildman–Crippen LogP) is 1.64. The summed E-state index contributed by atoms with van der Waals surface area (Å²) in [7, 11) is 0. The van der Waals surface area contributed by atoms with Gasteiger partial charge in [0, 0.05) is 0 Å². The Morgan fingerprint density at radius 1 is 1.06 bits per heavy atom. The van der Waals surface area contributed by atoms with Crippen LogP contribution in [-0.4, -0.2) is 11.1 Å². The van der Waals surface area contributed by atoms with Gasteiger partial charge < -0.3 is 5.11 Å². The van der Waals surface area contributed by atoms with Gasteiger partial charge >= 0.3 is 5.97 Å². The van der Waals surface area contributed by atoms with Crippen LogP contribution in [0.15, 0.2) is 29.8 Å². The number of nitriles is 3. The van der Waals surface area contributed by atoms with E-state index in [1.807, 2.05) is 0 Å². The van der Waals surface area contributed by atoms with Gasteiger partial charge in [-0.15, -0.1) is 0 Å². The zero-order valence-corrected chi connectivity index (χ0v) is 9.21. The fourth-order valence-electron chi connectivity index (χ4n) is 1.37. The molecule has 0 spiro atoms. The van der Waals surface area contributed by atoms with Crippen LogP contribution in [-0.2, 0) is 11.2 Å². The molecule has 0 amide bonds. The van der Waals surface area contributed by atoms with Gasteiger partial charge in [0.15, 0.2) is 0 Å². The maximum absolute atomic E-state index is 10.5. The summed E-state index contributed by atoms with van der Waals surface area (Å²) in [5.41, 5.74) is 0.731. The molecule has 0 atom stereocenters. The standard InChI is InChI=1S/C13H7N3O2/c14-6-11(7-15)12(8-16)10-3-1-9(2-4-10)5-13(17)18/h1-4H,5H2,(H,17,18). The Bertz CT molecular complexity index is 606. The van der Waals surface area contributed by atoms with Crippen LogP contribution >= 0.6 is 0 Å². The van der Waals surface area contributed by atoms with Gasteiger partial charge in [0.25, 0.3) is 0 Å². The van der Waals surface area contributed by atoms with Gasteiger partial charge in [-0.05, 0) is 11.1 Å². The topological polar surface area (TPSA) is 109 Å². The third-order valence-electron chi connectivity index (χ3n) is 2.18. The Morgan fingerprint density at radius 2 is 1.61 bits per heavy atom. The Labute approximate surface area is 103 Å². The lowest BCUT2D eigenvalue weighted by atomic mass is 10.0. The first kappa shape index (κ1) is 13.0. The number of carboxylic acids is 1. The van der Waals surface area contributed by atoms with Gasteiger partial charge in [-0.2, -0.15) is 15.8 Å². The van der Waals surface area contributed by atoms with Crippen molar-refractivity contribution in [2.45, 2.75) is 6.42 Å². The van der Waals surface area contributed by atoms with Crippen molar-refractivity contribution in [2.24, 2.45) is 0 Å². The molecule has 1 aromatic carbocycles. The Balaban J connectivity index is 3.17. The van der Waals surface area contributed by atoms with Crippen LogP contribution in [0.1, 0.15) is 11.1 Å².